The quantitative estimate of drug-likeness (QED) is 0.602. The lowest BCUT2D eigenvalue weighted by Gasteiger charge is -2.29. The molecule has 0 bridgehead atoms. The maximum absolute atomic E-state index is 9.92. The van der Waals surface area contributed by atoms with Crippen molar-refractivity contribution >= 4 is 0 Å². The predicted molar refractivity (Wildman–Crippen MR) is 55.6 cm³/mol. The Morgan fingerprint density at radius 3 is 2.31 bits per heavy atom. The van der Waals surface area contributed by atoms with Crippen LogP contribution in [0.2, 0.25) is 0 Å². The lowest BCUT2D eigenvalue weighted by atomic mass is 9.86. The van der Waals surface area contributed by atoms with Crippen molar-refractivity contribution in [2.24, 2.45) is 5.92 Å². The van der Waals surface area contributed by atoms with Gasteiger partial charge in [-0.3, -0.25) is 0 Å². The van der Waals surface area contributed by atoms with Gasteiger partial charge in [0.25, 0.3) is 0 Å². The number of hydrogen-bond acceptors (Lipinski definition) is 2. The largest absolute Gasteiger partial charge is 0.396 e. The maximum Gasteiger partial charge on any atom is 0.0667 e. The van der Waals surface area contributed by atoms with Crippen LogP contribution in [0.15, 0.2) is 0 Å². The van der Waals surface area contributed by atoms with Crippen LogP contribution < -0.4 is 0 Å². The normalized spacial score (nSPS) is 18.2. The van der Waals surface area contributed by atoms with Gasteiger partial charge in [-0.1, -0.05) is 39.5 Å². The van der Waals surface area contributed by atoms with Gasteiger partial charge >= 0.3 is 0 Å². The van der Waals surface area contributed by atoms with Gasteiger partial charge in [0.15, 0.2) is 0 Å². The zero-order valence-electron chi connectivity index (χ0n) is 9.21. The van der Waals surface area contributed by atoms with Gasteiger partial charge in [-0.2, -0.15) is 0 Å². The highest BCUT2D eigenvalue weighted by molar-refractivity contribution is 4.78. The van der Waals surface area contributed by atoms with Crippen molar-refractivity contribution in [2.45, 2.75) is 58.5 Å². The van der Waals surface area contributed by atoms with E-state index in [1.54, 1.807) is 0 Å². The summed E-state index contributed by atoms with van der Waals surface area (Å²) in [5.74, 6) is -0.0193. The summed E-state index contributed by atoms with van der Waals surface area (Å²) >= 11 is 0. The van der Waals surface area contributed by atoms with Crippen molar-refractivity contribution in [3.8, 4) is 0 Å². The molecule has 2 nitrogen and oxygen atoms in total. The minimum atomic E-state index is -0.692. The minimum Gasteiger partial charge on any atom is -0.396 e. The number of hydrogen-bond donors (Lipinski definition) is 2. The summed E-state index contributed by atoms with van der Waals surface area (Å²) in [7, 11) is 0. The number of aliphatic hydroxyl groups excluding tert-OH is 1. The lowest BCUT2D eigenvalue weighted by molar-refractivity contribution is -0.0247. The Morgan fingerprint density at radius 1 is 1.23 bits per heavy atom. The van der Waals surface area contributed by atoms with Crippen molar-refractivity contribution in [1.82, 2.24) is 0 Å². The molecule has 0 fully saturated rings. The molecule has 0 heterocycles. The predicted octanol–water partition coefficient (Wildman–Crippen LogP) is 2.34. The Hall–Kier alpha value is -0.0800. The fourth-order valence-corrected chi connectivity index (χ4v) is 1.35. The van der Waals surface area contributed by atoms with Crippen molar-refractivity contribution in [3.63, 3.8) is 0 Å². The smallest absolute Gasteiger partial charge is 0.0667 e. The molecule has 0 aromatic carbocycles. The fraction of sp³-hybridized carbons (Fsp3) is 1.00. The molecule has 0 saturated carbocycles. The summed E-state index contributed by atoms with van der Waals surface area (Å²) in [6.45, 7) is 5.95. The summed E-state index contributed by atoms with van der Waals surface area (Å²) in [6, 6.07) is 0. The number of unbranched alkanes of at least 4 members (excludes halogenated alkanes) is 3. The number of rotatable bonds is 7. The monoisotopic (exact) mass is 188 g/mol. The second-order valence-corrected chi connectivity index (χ2v) is 4.25. The molecule has 13 heavy (non-hydrogen) atoms. The summed E-state index contributed by atoms with van der Waals surface area (Å²) in [4.78, 5) is 0. The molecule has 0 aromatic rings. The summed E-state index contributed by atoms with van der Waals surface area (Å²) in [5.41, 5.74) is -0.692. The van der Waals surface area contributed by atoms with Crippen LogP contribution in [0.1, 0.15) is 52.9 Å². The van der Waals surface area contributed by atoms with Crippen LogP contribution in [-0.2, 0) is 0 Å². The maximum atomic E-state index is 9.92. The Labute approximate surface area is 82.0 Å². The molecule has 2 heteroatoms. The van der Waals surface area contributed by atoms with E-state index in [0.717, 1.165) is 12.8 Å². The van der Waals surface area contributed by atoms with Crippen molar-refractivity contribution in [3.05, 3.63) is 0 Å². The second kappa shape index (κ2) is 6.39. The Balaban J connectivity index is 3.62. The average molecular weight is 188 g/mol. The van der Waals surface area contributed by atoms with Crippen molar-refractivity contribution in [2.75, 3.05) is 6.61 Å². The molecule has 2 atom stereocenters. The van der Waals surface area contributed by atoms with E-state index in [4.69, 9.17) is 5.11 Å². The van der Waals surface area contributed by atoms with Gasteiger partial charge < -0.3 is 10.2 Å². The third-order valence-electron chi connectivity index (χ3n) is 2.87. The van der Waals surface area contributed by atoms with Gasteiger partial charge in [0.1, 0.15) is 0 Å². The van der Waals surface area contributed by atoms with E-state index in [0.29, 0.717) is 0 Å². The van der Waals surface area contributed by atoms with Crippen LogP contribution >= 0.6 is 0 Å². The molecule has 2 N–H and O–H groups in total. The molecule has 2 unspecified atom stereocenters. The molecular formula is C11H24O2. The molecule has 0 aromatic heterocycles. The Kier molecular flexibility index (Phi) is 6.35. The topological polar surface area (TPSA) is 40.5 Å². The Morgan fingerprint density at radius 2 is 1.85 bits per heavy atom. The van der Waals surface area contributed by atoms with Crippen LogP contribution in [0.5, 0.6) is 0 Å². The van der Waals surface area contributed by atoms with E-state index in [9.17, 15) is 5.11 Å². The van der Waals surface area contributed by atoms with E-state index in [2.05, 4.69) is 6.92 Å². The molecule has 0 spiro atoms. The first-order chi connectivity index (χ1) is 6.04. The van der Waals surface area contributed by atoms with Gasteiger partial charge in [-0.05, 0) is 13.3 Å². The first-order valence-electron chi connectivity index (χ1n) is 5.37. The number of aliphatic hydroxyl groups is 2. The van der Waals surface area contributed by atoms with Crippen molar-refractivity contribution < 1.29 is 10.2 Å². The van der Waals surface area contributed by atoms with Crippen LogP contribution in [0.3, 0.4) is 0 Å². The van der Waals surface area contributed by atoms with E-state index in [1.807, 2.05) is 13.8 Å². The van der Waals surface area contributed by atoms with Gasteiger partial charge in [-0.25, -0.2) is 0 Å². The third kappa shape index (κ3) is 5.27. The molecule has 0 aliphatic carbocycles. The fourth-order valence-electron chi connectivity index (χ4n) is 1.35. The first-order valence-corrected chi connectivity index (χ1v) is 5.37. The SMILES string of the molecule is CCCCCCC(C)(O)C(C)CO. The summed E-state index contributed by atoms with van der Waals surface area (Å²) in [5, 5.41) is 18.8. The molecule has 0 radical (unpaired) electrons. The molecule has 80 valence electrons. The standard InChI is InChI=1S/C11H24O2/c1-4-5-6-7-8-11(3,13)10(2)9-12/h10,12-13H,4-9H2,1-3H3. The molecule has 0 saturated heterocycles. The average Bonchev–Trinajstić information content (AvgIpc) is 2.11. The zero-order valence-corrected chi connectivity index (χ0v) is 9.21. The minimum absolute atomic E-state index is 0.0193. The van der Waals surface area contributed by atoms with Crippen LogP contribution in [-0.4, -0.2) is 22.4 Å². The van der Waals surface area contributed by atoms with Crippen molar-refractivity contribution in [1.29, 1.82) is 0 Å². The molecule has 0 aliphatic heterocycles. The van der Waals surface area contributed by atoms with E-state index >= 15 is 0 Å². The molecule has 0 rings (SSSR count). The highest BCUT2D eigenvalue weighted by Gasteiger charge is 2.26. The summed E-state index contributed by atoms with van der Waals surface area (Å²) in [6.07, 6.45) is 5.51. The summed E-state index contributed by atoms with van der Waals surface area (Å²) < 4.78 is 0. The second-order valence-electron chi connectivity index (χ2n) is 4.25. The first kappa shape index (κ1) is 12.9. The molecule has 0 aliphatic rings. The Bertz CT molecular complexity index is 121. The highest BCUT2D eigenvalue weighted by Crippen LogP contribution is 2.23. The van der Waals surface area contributed by atoms with Crippen LogP contribution in [0, 0.1) is 5.92 Å². The van der Waals surface area contributed by atoms with E-state index in [-0.39, 0.29) is 12.5 Å². The molecular weight excluding hydrogens is 164 g/mol. The zero-order chi connectivity index (χ0) is 10.3. The van der Waals surface area contributed by atoms with Gasteiger partial charge in [0.2, 0.25) is 0 Å². The van der Waals surface area contributed by atoms with Crippen LogP contribution in [0.4, 0.5) is 0 Å². The van der Waals surface area contributed by atoms with Crippen LogP contribution in [0.25, 0.3) is 0 Å². The van der Waals surface area contributed by atoms with Gasteiger partial charge in [-0.15, -0.1) is 0 Å². The highest BCUT2D eigenvalue weighted by atomic mass is 16.3. The van der Waals surface area contributed by atoms with Gasteiger partial charge in [0, 0.05) is 12.5 Å². The molecule has 0 amide bonds. The third-order valence-corrected chi connectivity index (χ3v) is 2.87. The van der Waals surface area contributed by atoms with E-state index in [1.165, 1.54) is 19.3 Å². The van der Waals surface area contributed by atoms with Gasteiger partial charge in [0.05, 0.1) is 5.60 Å². The van der Waals surface area contributed by atoms with E-state index < -0.39 is 5.60 Å². The lowest BCUT2D eigenvalue weighted by Crippen LogP contribution is -2.34.